The van der Waals surface area contributed by atoms with Gasteiger partial charge in [0.15, 0.2) is 0 Å². The van der Waals surface area contributed by atoms with Crippen molar-refractivity contribution >= 4 is 22.5 Å². The fourth-order valence-corrected chi connectivity index (χ4v) is 3.97. The number of benzene rings is 2. The van der Waals surface area contributed by atoms with Crippen LogP contribution < -0.4 is 0 Å². The quantitative estimate of drug-likeness (QED) is 0.721. The summed E-state index contributed by atoms with van der Waals surface area (Å²) in [7, 11) is 0. The fraction of sp³-hybridized carbons (Fsp3) is 0.350. The van der Waals surface area contributed by atoms with E-state index in [1.165, 1.54) is 43.6 Å². The molecule has 3 aromatic rings. The number of aromatic nitrogens is 2. The van der Waals surface area contributed by atoms with Gasteiger partial charge < -0.3 is 4.90 Å². The van der Waals surface area contributed by atoms with Crippen LogP contribution in [0.4, 0.5) is 0 Å². The van der Waals surface area contributed by atoms with Crippen molar-refractivity contribution in [2.24, 2.45) is 0 Å². The van der Waals surface area contributed by atoms with Gasteiger partial charge in [0.2, 0.25) is 0 Å². The Balaban J connectivity index is 1.57. The fourth-order valence-electron chi connectivity index (χ4n) is 3.70. The van der Waals surface area contributed by atoms with E-state index in [1.54, 1.807) is 0 Å². The highest BCUT2D eigenvalue weighted by molar-refractivity contribution is 6.35. The highest BCUT2D eigenvalue weighted by Crippen LogP contribution is 2.32. The van der Waals surface area contributed by atoms with Gasteiger partial charge in [0, 0.05) is 11.6 Å². The molecule has 0 saturated carbocycles. The first kappa shape index (κ1) is 15.7. The van der Waals surface area contributed by atoms with Crippen molar-refractivity contribution in [2.45, 2.75) is 25.7 Å². The van der Waals surface area contributed by atoms with E-state index in [-0.39, 0.29) is 0 Å². The first-order chi connectivity index (χ1) is 11.7. The molecule has 1 fully saturated rings. The molecule has 124 valence electrons. The molecule has 0 unspecified atom stereocenters. The largest absolute Gasteiger partial charge is 0.304 e. The van der Waals surface area contributed by atoms with Gasteiger partial charge in [0.25, 0.3) is 0 Å². The van der Waals surface area contributed by atoms with Crippen LogP contribution in [0.1, 0.15) is 31.2 Å². The third kappa shape index (κ3) is 2.94. The van der Waals surface area contributed by atoms with Crippen molar-refractivity contribution in [3.05, 3.63) is 53.2 Å². The summed E-state index contributed by atoms with van der Waals surface area (Å²) in [6.07, 6.45) is 4.36. The summed E-state index contributed by atoms with van der Waals surface area (Å²) in [6.45, 7) is 5.85. The van der Waals surface area contributed by atoms with Crippen LogP contribution in [0, 0.1) is 0 Å². The van der Waals surface area contributed by atoms with Gasteiger partial charge in [-0.05, 0) is 67.2 Å². The molecule has 0 spiro atoms. The standard InChI is InChI=1S/C20H22ClN3/c1-2-24-9-7-16(8-10-24)14-3-5-15(6-4-14)17-11-19(21)18-13-22-23-20(18)12-17/h3-6,11-13,16H,2,7-10H2,1H3,(H,22,23). The number of nitrogens with zero attached hydrogens (tertiary/aromatic N) is 2. The first-order valence-electron chi connectivity index (χ1n) is 8.70. The number of likely N-dealkylation sites (tertiary alicyclic amines) is 1. The Hall–Kier alpha value is -1.84. The van der Waals surface area contributed by atoms with Crippen molar-refractivity contribution in [3.63, 3.8) is 0 Å². The monoisotopic (exact) mass is 339 g/mol. The van der Waals surface area contributed by atoms with Gasteiger partial charge in [0.05, 0.1) is 10.5 Å². The molecule has 1 N–H and O–H groups in total. The summed E-state index contributed by atoms with van der Waals surface area (Å²) in [6, 6.07) is 13.1. The van der Waals surface area contributed by atoms with Crippen LogP contribution in [0.3, 0.4) is 0 Å². The predicted octanol–water partition coefficient (Wildman–Crippen LogP) is 5.08. The number of H-pyrrole nitrogens is 1. The Morgan fingerprint density at radius 1 is 1.12 bits per heavy atom. The molecule has 1 saturated heterocycles. The van der Waals surface area contributed by atoms with Crippen molar-refractivity contribution in [2.75, 3.05) is 19.6 Å². The third-order valence-corrected chi connectivity index (χ3v) is 5.56. The smallest absolute Gasteiger partial charge is 0.0941 e. The van der Waals surface area contributed by atoms with Crippen molar-refractivity contribution in [3.8, 4) is 11.1 Å². The number of nitrogens with one attached hydrogen (secondary N) is 1. The van der Waals surface area contributed by atoms with E-state index >= 15 is 0 Å². The lowest BCUT2D eigenvalue weighted by Gasteiger charge is -2.31. The number of halogens is 1. The molecule has 0 radical (unpaired) electrons. The van der Waals surface area contributed by atoms with E-state index < -0.39 is 0 Å². The first-order valence-corrected chi connectivity index (χ1v) is 9.08. The lowest BCUT2D eigenvalue weighted by atomic mass is 9.88. The van der Waals surface area contributed by atoms with Crippen LogP contribution in [0.2, 0.25) is 5.02 Å². The Labute approximate surface area is 147 Å². The average Bonchev–Trinajstić information content (AvgIpc) is 3.11. The topological polar surface area (TPSA) is 31.9 Å². The van der Waals surface area contributed by atoms with Crippen LogP contribution in [0.15, 0.2) is 42.6 Å². The molecule has 4 rings (SSSR count). The van der Waals surface area contributed by atoms with Gasteiger partial charge in [-0.2, -0.15) is 5.10 Å². The van der Waals surface area contributed by atoms with Gasteiger partial charge in [-0.1, -0.05) is 42.8 Å². The minimum atomic E-state index is 0.694. The number of fused-ring (bicyclic) bond motifs is 1. The molecule has 0 amide bonds. The minimum absolute atomic E-state index is 0.694. The van der Waals surface area contributed by atoms with Crippen LogP contribution in [0.25, 0.3) is 22.0 Å². The number of piperidine rings is 1. The zero-order chi connectivity index (χ0) is 16.5. The second kappa shape index (κ2) is 6.58. The maximum absolute atomic E-state index is 6.37. The van der Waals surface area contributed by atoms with Crippen molar-refractivity contribution in [1.82, 2.24) is 15.1 Å². The second-order valence-corrected chi connectivity index (χ2v) is 7.01. The molecule has 2 heterocycles. The number of hydrogen-bond acceptors (Lipinski definition) is 2. The zero-order valence-electron chi connectivity index (χ0n) is 13.9. The lowest BCUT2D eigenvalue weighted by molar-refractivity contribution is 0.222. The average molecular weight is 340 g/mol. The molecular formula is C20H22ClN3. The van der Waals surface area contributed by atoms with E-state index in [1.807, 2.05) is 12.3 Å². The van der Waals surface area contributed by atoms with Crippen LogP contribution in [-0.2, 0) is 0 Å². The Morgan fingerprint density at radius 2 is 1.88 bits per heavy atom. The maximum atomic E-state index is 6.37. The summed E-state index contributed by atoms with van der Waals surface area (Å²) in [5, 5.41) is 8.85. The lowest BCUT2D eigenvalue weighted by Crippen LogP contribution is -2.32. The van der Waals surface area contributed by atoms with E-state index in [0.717, 1.165) is 21.5 Å². The molecule has 2 aromatic carbocycles. The van der Waals surface area contributed by atoms with E-state index in [0.29, 0.717) is 5.92 Å². The molecule has 0 atom stereocenters. The summed E-state index contributed by atoms with van der Waals surface area (Å²) in [5.74, 6) is 0.694. The van der Waals surface area contributed by atoms with Crippen LogP contribution >= 0.6 is 11.6 Å². The second-order valence-electron chi connectivity index (χ2n) is 6.61. The summed E-state index contributed by atoms with van der Waals surface area (Å²) < 4.78 is 0. The van der Waals surface area contributed by atoms with Gasteiger partial charge >= 0.3 is 0 Å². The van der Waals surface area contributed by atoms with Crippen molar-refractivity contribution < 1.29 is 0 Å². The summed E-state index contributed by atoms with van der Waals surface area (Å²) in [4.78, 5) is 2.53. The molecule has 0 bridgehead atoms. The third-order valence-electron chi connectivity index (χ3n) is 5.25. The SMILES string of the molecule is CCN1CCC(c2ccc(-c3cc(Cl)c4c[nH]nc4c3)cc2)CC1. The van der Waals surface area contributed by atoms with E-state index in [4.69, 9.17) is 11.6 Å². The molecule has 1 aliphatic heterocycles. The van der Waals surface area contributed by atoms with E-state index in [2.05, 4.69) is 52.4 Å². The Bertz CT molecular complexity index is 830. The molecule has 1 aliphatic rings. The molecule has 4 heteroatoms. The van der Waals surface area contributed by atoms with Crippen LogP contribution in [0.5, 0.6) is 0 Å². The predicted molar refractivity (Wildman–Crippen MR) is 101 cm³/mol. The maximum Gasteiger partial charge on any atom is 0.0941 e. The Kier molecular flexibility index (Phi) is 4.30. The minimum Gasteiger partial charge on any atom is -0.304 e. The molecule has 24 heavy (non-hydrogen) atoms. The van der Waals surface area contributed by atoms with Gasteiger partial charge in [-0.25, -0.2) is 0 Å². The number of hydrogen-bond donors (Lipinski definition) is 1. The summed E-state index contributed by atoms with van der Waals surface area (Å²) >= 11 is 6.37. The highest BCUT2D eigenvalue weighted by Gasteiger charge is 2.19. The number of rotatable bonds is 3. The van der Waals surface area contributed by atoms with Gasteiger partial charge in [-0.15, -0.1) is 0 Å². The van der Waals surface area contributed by atoms with Gasteiger partial charge in [0.1, 0.15) is 0 Å². The van der Waals surface area contributed by atoms with Crippen molar-refractivity contribution in [1.29, 1.82) is 0 Å². The normalized spacial score (nSPS) is 16.8. The van der Waals surface area contributed by atoms with Gasteiger partial charge in [-0.3, -0.25) is 5.10 Å². The van der Waals surface area contributed by atoms with Crippen LogP contribution in [-0.4, -0.2) is 34.7 Å². The molecule has 1 aromatic heterocycles. The molecule has 0 aliphatic carbocycles. The van der Waals surface area contributed by atoms with E-state index in [9.17, 15) is 0 Å². The Morgan fingerprint density at radius 3 is 2.58 bits per heavy atom. The number of aromatic amines is 1. The zero-order valence-corrected chi connectivity index (χ0v) is 14.7. The summed E-state index contributed by atoms with van der Waals surface area (Å²) in [5.41, 5.74) is 4.68. The molecular weight excluding hydrogens is 318 g/mol. The molecule has 3 nitrogen and oxygen atoms in total. The highest BCUT2D eigenvalue weighted by atomic mass is 35.5.